The number of nitrogens with zero attached hydrogens (tertiary/aromatic N) is 2. The van der Waals surface area contributed by atoms with Crippen LogP contribution < -0.4 is 5.73 Å². The van der Waals surface area contributed by atoms with E-state index < -0.39 is 6.04 Å². The first-order valence-electron chi connectivity index (χ1n) is 4.78. The van der Waals surface area contributed by atoms with E-state index in [0.29, 0.717) is 10.0 Å². The van der Waals surface area contributed by atoms with Crippen molar-refractivity contribution in [1.29, 1.82) is 0 Å². The molecule has 2 aromatic rings. The van der Waals surface area contributed by atoms with Gasteiger partial charge in [-0.05, 0) is 39.7 Å². The lowest BCUT2D eigenvalue weighted by atomic mass is 10.1. The van der Waals surface area contributed by atoms with Crippen molar-refractivity contribution in [1.82, 2.24) is 9.78 Å². The minimum absolute atomic E-state index is 0.316. The lowest BCUT2D eigenvalue weighted by molar-refractivity contribution is 0.615. The molecular weight excluding hydrogens is 273 g/mol. The molecule has 1 atom stereocenters. The molecule has 0 fully saturated rings. The van der Waals surface area contributed by atoms with E-state index >= 15 is 0 Å². The van der Waals surface area contributed by atoms with Crippen molar-refractivity contribution in [3.8, 4) is 0 Å². The zero-order chi connectivity index (χ0) is 11.7. The van der Waals surface area contributed by atoms with Crippen molar-refractivity contribution in [2.75, 3.05) is 0 Å². The molecule has 0 amide bonds. The Morgan fingerprint density at radius 3 is 2.75 bits per heavy atom. The number of benzene rings is 1. The fraction of sp³-hybridized carbons (Fsp3) is 0.182. The Labute approximate surface area is 101 Å². The molecule has 1 aromatic heterocycles. The van der Waals surface area contributed by atoms with E-state index in [1.165, 1.54) is 6.07 Å². The van der Waals surface area contributed by atoms with Gasteiger partial charge in [0.15, 0.2) is 0 Å². The highest BCUT2D eigenvalue weighted by Gasteiger charge is 2.13. The van der Waals surface area contributed by atoms with E-state index in [1.807, 2.05) is 19.3 Å². The van der Waals surface area contributed by atoms with Gasteiger partial charge in [0.25, 0.3) is 0 Å². The Morgan fingerprint density at radius 1 is 1.44 bits per heavy atom. The van der Waals surface area contributed by atoms with Crippen molar-refractivity contribution in [3.63, 3.8) is 0 Å². The van der Waals surface area contributed by atoms with Crippen LogP contribution in [0.15, 0.2) is 34.9 Å². The lowest BCUT2D eigenvalue weighted by Gasteiger charge is -2.09. The number of hydrogen-bond acceptors (Lipinski definition) is 2. The summed E-state index contributed by atoms with van der Waals surface area (Å²) in [5.74, 6) is -0.316. The maximum absolute atomic E-state index is 13.3. The lowest BCUT2D eigenvalue weighted by Crippen LogP contribution is -2.13. The summed E-state index contributed by atoms with van der Waals surface area (Å²) in [6.45, 7) is 0. The van der Waals surface area contributed by atoms with E-state index in [2.05, 4.69) is 21.0 Å². The topological polar surface area (TPSA) is 43.8 Å². The van der Waals surface area contributed by atoms with Gasteiger partial charge in [0.05, 0.1) is 16.2 Å². The summed E-state index contributed by atoms with van der Waals surface area (Å²) < 4.78 is 15.4. The molecule has 3 nitrogen and oxygen atoms in total. The molecule has 16 heavy (non-hydrogen) atoms. The summed E-state index contributed by atoms with van der Waals surface area (Å²) in [6, 6.07) is 6.28. The van der Waals surface area contributed by atoms with Crippen LogP contribution in [0.25, 0.3) is 0 Å². The van der Waals surface area contributed by atoms with Crippen molar-refractivity contribution < 1.29 is 4.39 Å². The molecule has 0 bridgehead atoms. The molecule has 1 aromatic carbocycles. The monoisotopic (exact) mass is 283 g/mol. The molecule has 1 unspecified atom stereocenters. The average Bonchev–Trinajstić information content (AvgIpc) is 2.68. The van der Waals surface area contributed by atoms with Crippen LogP contribution in [0.4, 0.5) is 4.39 Å². The highest BCUT2D eigenvalue weighted by Crippen LogP contribution is 2.22. The maximum atomic E-state index is 13.3. The van der Waals surface area contributed by atoms with Gasteiger partial charge < -0.3 is 5.73 Å². The van der Waals surface area contributed by atoms with Crippen LogP contribution in [0.3, 0.4) is 0 Å². The quantitative estimate of drug-likeness (QED) is 0.920. The third-order valence-corrected chi connectivity index (χ3v) is 3.00. The fourth-order valence-corrected chi connectivity index (χ4v) is 1.72. The zero-order valence-corrected chi connectivity index (χ0v) is 10.3. The first kappa shape index (κ1) is 11.3. The van der Waals surface area contributed by atoms with Crippen LogP contribution >= 0.6 is 15.9 Å². The Morgan fingerprint density at radius 2 is 2.19 bits per heavy atom. The molecule has 84 valence electrons. The molecule has 0 aliphatic heterocycles. The summed E-state index contributed by atoms with van der Waals surface area (Å²) >= 11 is 3.10. The molecule has 0 aliphatic rings. The van der Waals surface area contributed by atoms with E-state index in [0.717, 1.165) is 5.69 Å². The fourth-order valence-electron chi connectivity index (χ4n) is 1.48. The number of aryl methyl sites for hydroxylation is 1. The van der Waals surface area contributed by atoms with Crippen molar-refractivity contribution in [3.05, 3.63) is 52.0 Å². The molecule has 0 aliphatic carbocycles. The molecule has 0 spiro atoms. The summed E-state index contributed by atoms with van der Waals surface area (Å²) in [6.07, 6.45) is 1.81. The second-order valence-electron chi connectivity index (χ2n) is 3.57. The number of aromatic nitrogens is 2. The summed E-state index contributed by atoms with van der Waals surface area (Å²) in [7, 11) is 1.82. The molecule has 2 N–H and O–H groups in total. The Hall–Kier alpha value is -1.20. The molecule has 1 heterocycles. The van der Waals surface area contributed by atoms with Gasteiger partial charge in [0.2, 0.25) is 0 Å². The second kappa shape index (κ2) is 4.35. The van der Waals surface area contributed by atoms with Crippen LogP contribution in [0.1, 0.15) is 17.3 Å². The summed E-state index contributed by atoms with van der Waals surface area (Å²) in [5.41, 5.74) is 7.42. The van der Waals surface area contributed by atoms with Crippen LogP contribution in [-0.4, -0.2) is 9.78 Å². The number of nitrogens with two attached hydrogens (primary N) is 1. The van der Waals surface area contributed by atoms with E-state index in [1.54, 1.807) is 16.8 Å². The van der Waals surface area contributed by atoms with Gasteiger partial charge in [-0.15, -0.1) is 0 Å². The minimum Gasteiger partial charge on any atom is -0.319 e. The maximum Gasteiger partial charge on any atom is 0.137 e. The predicted octanol–water partition coefficient (Wildman–Crippen LogP) is 2.37. The first-order valence-corrected chi connectivity index (χ1v) is 5.57. The third kappa shape index (κ3) is 2.15. The smallest absolute Gasteiger partial charge is 0.137 e. The molecule has 0 saturated carbocycles. The normalized spacial score (nSPS) is 12.8. The van der Waals surface area contributed by atoms with E-state index in [-0.39, 0.29) is 5.82 Å². The molecule has 0 radical (unpaired) electrons. The first-order chi connectivity index (χ1) is 7.58. The molecule has 0 saturated heterocycles. The van der Waals surface area contributed by atoms with Crippen LogP contribution in [0.2, 0.25) is 0 Å². The average molecular weight is 284 g/mol. The van der Waals surface area contributed by atoms with Gasteiger partial charge in [0.1, 0.15) is 5.82 Å². The highest BCUT2D eigenvalue weighted by atomic mass is 79.9. The molecule has 2 rings (SSSR count). The van der Waals surface area contributed by atoms with Gasteiger partial charge in [-0.3, -0.25) is 4.68 Å². The number of hydrogen-bond donors (Lipinski definition) is 1. The standard InChI is InChI=1S/C11H11BrFN3/c1-16-5-4-10(15-16)11(14)7-2-3-8(12)9(13)6-7/h2-6,11H,14H2,1H3. The van der Waals surface area contributed by atoms with E-state index in [9.17, 15) is 4.39 Å². The Kier molecular flexibility index (Phi) is 3.07. The predicted molar refractivity (Wildman–Crippen MR) is 63.3 cm³/mol. The minimum atomic E-state index is -0.399. The van der Waals surface area contributed by atoms with Crippen LogP contribution in [0, 0.1) is 5.82 Å². The number of halogens is 2. The van der Waals surface area contributed by atoms with Gasteiger partial charge >= 0.3 is 0 Å². The van der Waals surface area contributed by atoms with Gasteiger partial charge in [-0.1, -0.05) is 6.07 Å². The van der Waals surface area contributed by atoms with Gasteiger partial charge in [-0.2, -0.15) is 5.10 Å². The van der Waals surface area contributed by atoms with E-state index in [4.69, 9.17) is 5.73 Å². The zero-order valence-electron chi connectivity index (χ0n) is 8.69. The highest BCUT2D eigenvalue weighted by molar-refractivity contribution is 9.10. The Bertz CT molecular complexity index is 510. The summed E-state index contributed by atoms with van der Waals surface area (Å²) in [5, 5.41) is 4.20. The second-order valence-corrected chi connectivity index (χ2v) is 4.42. The van der Waals surface area contributed by atoms with Crippen molar-refractivity contribution >= 4 is 15.9 Å². The van der Waals surface area contributed by atoms with Crippen LogP contribution in [-0.2, 0) is 7.05 Å². The van der Waals surface area contributed by atoms with Crippen molar-refractivity contribution in [2.45, 2.75) is 6.04 Å². The SMILES string of the molecule is Cn1ccc(C(N)c2ccc(Br)c(F)c2)n1. The molecule has 5 heteroatoms. The third-order valence-electron chi connectivity index (χ3n) is 2.36. The van der Waals surface area contributed by atoms with Crippen molar-refractivity contribution in [2.24, 2.45) is 12.8 Å². The number of rotatable bonds is 2. The summed E-state index contributed by atoms with van der Waals surface area (Å²) in [4.78, 5) is 0. The van der Waals surface area contributed by atoms with Gasteiger partial charge in [-0.25, -0.2) is 4.39 Å². The largest absolute Gasteiger partial charge is 0.319 e. The molecular formula is C11H11BrFN3. The Balaban J connectivity index is 2.33. The van der Waals surface area contributed by atoms with Gasteiger partial charge in [0, 0.05) is 13.2 Å². The van der Waals surface area contributed by atoms with Crippen LogP contribution in [0.5, 0.6) is 0 Å².